The van der Waals surface area contributed by atoms with Gasteiger partial charge in [-0.3, -0.25) is 4.90 Å². The fraction of sp³-hybridized carbons (Fsp3) is 0.647. The number of rotatable bonds is 10. The summed E-state index contributed by atoms with van der Waals surface area (Å²) in [5, 5.41) is 3.41. The van der Waals surface area contributed by atoms with Crippen LogP contribution in [-0.2, 0) is 11.3 Å². The molecule has 0 fully saturated rings. The molecular weight excluding hydrogens is 264 g/mol. The van der Waals surface area contributed by atoms with E-state index in [2.05, 4.69) is 50.2 Å². The van der Waals surface area contributed by atoms with Crippen molar-refractivity contribution in [3.05, 3.63) is 29.8 Å². The predicted octanol–water partition coefficient (Wildman–Crippen LogP) is 2.53. The minimum atomic E-state index is 0.403. The fourth-order valence-electron chi connectivity index (χ4n) is 1.96. The largest absolute Gasteiger partial charge is 0.492 e. The van der Waals surface area contributed by atoms with Crippen molar-refractivity contribution in [1.82, 2.24) is 10.2 Å². The molecule has 0 amide bonds. The lowest BCUT2D eigenvalue weighted by Gasteiger charge is -2.23. The van der Waals surface area contributed by atoms with Crippen LogP contribution in [0.3, 0.4) is 0 Å². The Bertz CT molecular complexity index is 396. The minimum Gasteiger partial charge on any atom is -0.492 e. The van der Waals surface area contributed by atoms with Gasteiger partial charge in [0.1, 0.15) is 12.4 Å². The van der Waals surface area contributed by atoms with Gasteiger partial charge in [0.25, 0.3) is 0 Å². The molecule has 0 spiro atoms. The van der Waals surface area contributed by atoms with Crippen molar-refractivity contribution >= 4 is 0 Å². The number of methoxy groups -OCH3 is 1. The molecule has 1 aromatic rings. The van der Waals surface area contributed by atoms with Crippen molar-refractivity contribution in [2.24, 2.45) is 0 Å². The first kappa shape index (κ1) is 18.0. The van der Waals surface area contributed by atoms with E-state index in [0.29, 0.717) is 18.7 Å². The number of nitrogens with zero attached hydrogens (tertiary/aromatic N) is 1. The Hall–Kier alpha value is -1.10. The van der Waals surface area contributed by atoms with E-state index in [1.807, 2.05) is 12.1 Å². The van der Waals surface area contributed by atoms with Gasteiger partial charge in [-0.25, -0.2) is 0 Å². The molecule has 0 bridgehead atoms. The lowest BCUT2D eigenvalue weighted by atomic mass is 10.2. The number of hydrogen-bond donors (Lipinski definition) is 1. The van der Waals surface area contributed by atoms with E-state index in [4.69, 9.17) is 9.47 Å². The number of ether oxygens (including phenoxy) is 2. The van der Waals surface area contributed by atoms with Crippen molar-refractivity contribution in [2.45, 2.75) is 39.4 Å². The highest BCUT2D eigenvalue weighted by atomic mass is 16.5. The van der Waals surface area contributed by atoms with Crippen molar-refractivity contribution in [3.8, 4) is 5.75 Å². The van der Waals surface area contributed by atoms with Gasteiger partial charge in [-0.2, -0.15) is 0 Å². The molecule has 0 aliphatic rings. The van der Waals surface area contributed by atoms with Crippen LogP contribution >= 0.6 is 0 Å². The molecule has 4 nitrogen and oxygen atoms in total. The zero-order chi connectivity index (χ0) is 15.7. The Kier molecular flexibility index (Phi) is 8.35. The Morgan fingerprint density at radius 1 is 1.24 bits per heavy atom. The van der Waals surface area contributed by atoms with Crippen LogP contribution < -0.4 is 10.1 Å². The van der Waals surface area contributed by atoms with Crippen molar-refractivity contribution < 1.29 is 9.47 Å². The molecule has 0 radical (unpaired) electrons. The topological polar surface area (TPSA) is 33.7 Å². The molecule has 1 N–H and O–H groups in total. The maximum atomic E-state index is 5.84. The van der Waals surface area contributed by atoms with Gasteiger partial charge in [0.15, 0.2) is 0 Å². The molecule has 1 atom stereocenters. The van der Waals surface area contributed by atoms with Crippen LogP contribution in [-0.4, -0.2) is 50.9 Å². The van der Waals surface area contributed by atoms with Gasteiger partial charge in [-0.05, 0) is 31.7 Å². The zero-order valence-electron chi connectivity index (χ0n) is 14.1. The monoisotopic (exact) mass is 294 g/mol. The van der Waals surface area contributed by atoms with E-state index in [9.17, 15) is 0 Å². The van der Waals surface area contributed by atoms with Gasteiger partial charge in [0.2, 0.25) is 0 Å². The highest BCUT2D eigenvalue weighted by molar-refractivity contribution is 5.28. The van der Waals surface area contributed by atoms with E-state index >= 15 is 0 Å². The van der Waals surface area contributed by atoms with Crippen LogP contribution in [0.1, 0.15) is 26.3 Å². The molecule has 21 heavy (non-hydrogen) atoms. The molecule has 0 saturated heterocycles. The molecule has 0 aromatic heterocycles. The second-order valence-electron chi connectivity index (χ2n) is 5.82. The quantitative estimate of drug-likeness (QED) is 0.719. The third-order valence-corrected chi connectivity index (χ3v) is 3.49. The smallest absolute Gasteiger partial charge is 0.119 e. The molecule has 120 valence electrons. The first-order valence-corrected chi connectivity index (χ1v) is 7.67. The molecule has 4 heteroatoms. The lowest BCUT2D eigenvalue weighted by molar-refractivity contribution is 0.105. The van der Waals surface area contributed by atoms with Gasteiger partial charge in [-0.1, -0.05) is 26.0 Å². The molecule has 1 unspecified atom stereocenters. The van der Waals surface area contributed by atoms with Crippen LogP contribution in [0.25, 0.3) is 0 Å². The van der Waals surface area contributed by atoms with Crippen LogP contribution in [0.5, 0.6) is 5.75 Å². The van der Waals surface area contributed by atoms with E-state index in [0.717, 1.165) is 25.4 Å². The Labute approximate surface area is 129 Å². The van der Waals surface area contributed by atoms with Gasteiger partial charge in [0.05, 0.1) is 6.61 Å². The minimum absolute atomic E-state index is 0.403. The SMILES string of the molecule is COCC(C)N(C)CCOc1cccc(CNC(C)C)c1. The second-order valence-corrected chi connectivity index (χ2v) is 5.82. The number of likely N-dealkylation sites (N-methyl/N-ethyl adjacent to an activating group) is 1. The maximum absolute atomic E-state index is 5.84. The normalized spacial score (nSPS) is 12.9. The maximum Gasteiger partial charge on any atom is 0.119 e. The standard InChI is InChI=1S/C17H30N2O2/c1-14(2)18-12-16-7-6-8-17(11-16)21-10-9-19(4)15(3)13-20-5/h6-8,11,14-15,18H,9-10,12-13H2,1-5H3. The van der Waals surface area contributed by atoms with E-state index in [-0.39, 0.29) is 0 Å². The Morgan fingerprint density at radius 2 is 2.00 bits per heavy atom. The summed E-state index contributed by atoms with van der Waals surface area (Å²) in [4.78, 5) is 2.24. The first-order chi connectivity index (χ1) is 10.0. The third-order valence-electron chi connectivity index (χ3n) is 3.49. The van der Waals surface area contributed by atoms with Gasteiger partial charge in [-0.15, -0.1) is 0 Å². The van der Waals surface area contributed by atoms with Gasteiger partial charge < -0.3 is 14.8 Å². The van der Waals surface area contributed by atoms with Crippen LogP contribution in [0, 0.1) is 0 Å². The summed E-state index contributed by atoms with van der Waals surface area (Å²) in [6.45, 7) is 9.65. The van der Waals surface area contributed by atoms with Crippen molar-refractivity contribution in [3.63, 3.8) is 0 Å². The summed E-state index contributed by atoms with van der Waals surface area (Å²) in [5.41, 5.74) is 1.25. The highest BCUT2D eigenvalue weighted by Gasteiger charge is 2.08. The van der Waals surface area contributed by atoms with Crippen LogP contribution in [0.15, 0.2) is 24.3 Å². The molecule has 0 aliphatic carbocycles. The number of benzene rings is 1. The zero-order valence-corrected chi connectivity index (χ0v) is 14.1. The lowest BCUT2D eigenvalue weighted by Crippen LogP contribution is -2.35. The average Bonchev–Trinajstić information content (AvgIpc) is 2.45. The molecule has 1 aromatic carbocycles. The Balaban J connectivity index is 2.36. The Morgan fingerprint density at radius 3 is 2.67 bits per heavy atom. The summed E-state index contributed by atoms with van der Waals surface area (Å²) in [6.07, 6.45) is 0. The highest BCUT2D eigenvalue weighted by Crippen LogP contribution is 2.13. The molecular formula is C17H30N2O2. The number of nitrogens with one attached hydrogen (secondary N) is 1. The summed E-state index contributed by atoms with van der Waals surface area (Å²) in [7, 11) is 3.83. The second kappa shape index (κ2) is 9.77. The fourth-order valence-corrected chi connectivity index (χ4v) is 1.96. The molecule has 0 heterocycles. The molecule has 0 saturated carbocycles. The van der Waals surface area contributed by atoms with Crippen molar-refractivity contribution in [2.75, 3.05) is 33.9 Å². The van der Waals surface area contributed by atoms with E-state index < -0.39 is 0 Å². The molecule has 0 aliphatic heterocycles. The van der Waals surface area contributed by atoms with Gasteiger partial charge in [0, 0.05) is 32.3 Å². The van der Waals surface area contributed by atoms with Gasteiger partial charge >= 0.3 is 0 Å². The van der Waals surface area contributed by atoms with Crippen LogP contribution in [0.2, 0.25) is 0 Å². The number of hydrogen-bond acceptors (Lipinski definition) is 4. The van der Waals surface area contributed by atoms with Crippen LogP contribution in [0.4, 0.5) is 0 Å². The first-order valence-electron chi connectivity index (χ1n) is 7.67. The third kappa shape index (κ3) is 7.46. The summed E-state index contributed by atoms with van der Waals surface area (Å²) in [6, 6.07) is 9.18. The summed E-state index contributed by atoms with van der Waals surface area (Å²) >= 11 is 0. The van der Waals surface area contributed by atoms with E-state index in [1.54, 1.807) is 7.11 Å². The molecule has 1 rings (SSSR count). The van der Waals surface area contributed by atoms with Crippen molar-refractivity contribution in [1.29, 1.82) is 0 Å². The average molecular weight is 294 g/mol. The summed E-state index contributed by atoms with van der Waals surface area (Å²) < 4.78 is 11.0. The predicted molar refractivity (Wildman–Crippen MR) is 87.9 cm³/mol. The summed E-state index contributed by atoms with van der Waals surface area (Å²) in [5.74, 6) is 0.936. The van der Waals surface area contributed by atoms with E-state index in [1.165, 1.54) is 5.56 Å².